The van der Waals surface area contributed by atoms with Gasteiger partial charge in [0, 0.05) is 18.8 Å². The molecule has 0 aliphatic carbocycles. The Morgan fingerprint density at radius 2 is 2.45 bits per heavy atom. The van der Waals surface area contributed by atoms with E-state index < -0.39 is 0 Å². The lowest BCUT2D eigenvalue weighted by Crippen LogP contribution is -1.93. The highest BCUT2D eigenvalue weighted by Gasteiger charge is 2.00. The zero-order valence-corrected chi connectivity index (χ0v) is 7.17. The number of hydrogen-bond donors (Lipinski definition) is 0. The molecule has 1 aromatic heterocycles. The topological polar surface area (TPSA) is 17.8 Å². The zero-order valence-electron chi connectivity index (χ0n) is 7.17. The standard InChI is InChI=1S/C9H14N2/c1-4-6-9-10-8(3)7-11(9)5-2/h5,7H,2,4,6H2,1,3H3. The normalized spacial score (nSPS) is 10.0. The summed E-state index contributed by atoms with van der Waals surface area (Å²) in [6.45, 7) is 7.86. The first kappa shape index (κ1) is 8.05. The molecule has 60 valence electrons. The van der Waals surface area contributed by atoms with Crippen molar-refractivity contribution in [2.24, 2.45) is 0 Å². The Hall–Kier alpha value is -1.05. The van der Waals surface area contributed by atoms with Crippen LogP contribution in [0, 0.1) is 6.92 Å². The Kier molecular flexibility index (Phi) is 2.47. The van der Waals surface area contributed by atoms with E-state index in [1.54, 1.807) is 6.20 Å². The number of rotatable bonds is 3. The lowest BCUT2D eigenvalue weighted by Gasteiger charge is -1.97. The summed E-state index contributed by atoms with van der Waals surface area (Å²) in [5.41, 5.74) is 1.06. The summed E-state index contributed by atoms with van der Waals surface area (Å²) < 4.78 is 1.98. The molecule has 1 aromatic rings. The number of aryl methyl sites for hydroxylation is 2. The molecule has 0 aliphatic rings. The fourth-order valence-electron chi connectivity index (χ4n) is 1.13. The van der Waals surface area contributed by atoms with Crippen molar-refractivity contribution in [3.63, 3.8) is 0 Å². The van der Waals surface area contributed by atoms with Gasteiger partial charge in [0.05, 0.1) is 5.69 Å². The fourth-order valence-corrected chi connectivity index (χ4v) is 1.13. The van der Waals surface area contributed by atoms with Crippen LogP contribution in [0.4, 0.5) is 0 Å². The molecule has 0 fully saturated rings. The van der Waals surface area contributed by atoms with E-state index in [0.717, 1.165) is 24.4 Å². The molecule has 1 rings (SSSR count). The summed E-state index contributed by atoms with van der Waals surface area (Å²) in [4.78, 5) is 4.36. The molecule has 2 nitrogen and oxygen atoms in total. The van der Waals surface area contributed by atoms with E-state index in [9.17, 15) is 0 Å². The monoisotopic (exact) mass is 150 g/mol. The Bertz CT molecular complexity index is 248. The maximum atomic E-state index is 4.36. The Balaban J connectivity index is 2.92. The third-order valence-corrected chi connectivity index (χ3v) is 1.60. The Morgan fingerprint density at radius 3 is 3.00 bits per heavy atom. The molecule has 0 N–H and O–H groups in total. The van der Waals surface area contributed by atoms with Gasteiger partial charge in [-0.2, -0.15) is 0 Å². The molecule has 0 spiro atoms. The zero-order chi connectivity index (χ0) is 8.27. The van der Waals surface area contributed by atoms with Gasteiger partial charge >= 0.3 is 0 Å². The SMILES string of the molecule is C=Cn1cc(C)nc1CCC. The predicted octanol–water partition coefficient (Wildman–Crippen LogP) is 2.24. The van der Waals surface area contributed by atoms with Gasteiger partial charge < -0.3 is 4.57 Å². The van der Waals surface area contributed by atoms with Crippen LogP contribution in [0.2, 0.25) is 0 Å². The second-order valence-corrected chi connectivity index (χ2v) is 2.64. The highest BCUT2D eigenvalue weighted by molar-refractivity contribution is 5.22. The maximum absolute atomic E-state index is 4.36. The minimum atomic E-state index is 1.03. The van der Waals surface area contributed by atoms with Crippen LogP contribution in [0.25, 0.3) is 6.20 Å². The van der Waals surface area contributed by atoms with Gasteiger partial charge in [-0.05, 0) is 13.3 Å². The van der Waals surface area contributed by atoms with Crippen molar-refractivity contribution in [1.82, 2.24) is 9.55 Å². The summed E-state index contributed by atoms with van der Waals surface area (Å²) in [5, 5.41) is 0. The van der Waals surface area contributed by atoms with Crippen LogP contribution in [-0.2, 0) is 6.42 Å². The van der Waals surface area contributed by atoms with Crippen LogP contribution in [0.1, 0.15) is 24.9 Å². The van der Waals surface area contributed by atoms with Crippen LogP contribution < -0.4 is 0 Å². The summed E-state index contributed by atoms with van der Waals surface area (Å²) in [5.74, 6) is 1.11. The molecule has 0 amide bonds. The van der Waals surface area contributed by atoms with Crippen LogP contribution in [-0.4, -0.2) is 9.55 Å². The van der Waals surface area contributed by atoms with Crippen molar-refractivity contribution >= 4 is 6.20 Å². The van der Waals surface area contributed by atoms with Gasteiger partial charge in [-0.25, -0.2) is 4.98 Å². The van der Waals surface area contributed by atoms with E-state index in [4.69, 9.17) is 0 Å². The van der Waals surface area contributed by atoms with Crippen molar-refractivity contribution in [3.8, 4) is 0 Å². The summed E-state index contributed by atoms with van der Waals surface area (Å²) in [6.07, 6.45) is 5.95. The van der Waals surface area contributed by atoms with Gasteiger partial charge in [-0.3, -0.25) is 0 Å². The highest BCUT2D eigenvalue weighted by Crippen LogP contribution is 2.04. The molecule has 2 heteroatoms. The molecule has 11 heavy (non-hydrogen) atoms. The van der Waals surface area contributed by atoms with Crippen molar-refractivity contribution in [1.29, 1.82) is 0 Å². The third kappa shape index (κ3) is 1.70. The molecule has 0 saturated carbocycles. The molecule has 0 aliphatic heterocycles. The first-order chi connectivity index (χ1) is 5.27. The second-order valence-electron chi connectivity index (χ2n) is 2.64. The smallest absolute Gasteiger partial charge is 0.112 e. The lowest BCUT2D eigenvalue weighted by atomic mass is 10.3. The number of imidazole rings is 1. The number of nitrogens with zero attached hydrogens (tertiary/aromatic N) is 2. The Morgan fingerprint density at radius 1 is 1.73 bits per heavy atom. The van der Waals surface area contributed by atoms with Gasteiger partial charge in [0.1, 0.15) is 5.82 Å². The molecule has 0 radical (unpaired) electrons. The first-order valence-corrected chi connectivity index (χ1v) is 3.94. The first-order valence-electron chi connectivity index (χ1n) is 3.94. The molecular formula is C9H14N2. The van der Waals surface area contributed by atoms with Gasteiger partial charge in [0.15, 0.2) is 0 Å². The van der Waals surface area contributed by atoms with Crippen LogP contribution in [0.15, 0.2) is 12.8 Å². The highest BCUT2D eigenvalue weighted by atomic mass is 15.0. The van der Waals surface area contributed by atoms with Crippen molar-refractivity contribution < 1.29 is 0 Å². The summed E-state index contributed by atoms with van der Waals surface area (Å²) in [6, 6.07) is 0. The van der Waals surface area contributed by atoms with E-state index >= 15 is 0 Å². The largest absolute Gasteiger partial charge is 0.311 e. The van der Waals surface area contributed by atoms with E-state index in [-0.39, 0.29) is 0 Å². The quantitative estimate of drug-likeness (QED) is 0.646. The maximum Gasteiger partial charge on any atom is 0.112 e. The number of aromatic nitrogens is 2. The van der Waals surface area contributed by atoms with Gasteiger partial charge in [0.2, 0.25) is 0 Å². The molecule has 0 unspecified atom stereocenters. The second kappa shape index (κ2) is 3.37. The van der Waals surface area contributed by atoms with Gasteiger partial charge in [0.25, 0.3) is 0 Å². The average Bonchev–Trinajstić information content (AvgIpc) is 2.32. The summed E-state index contributed by atoms with van der Waals surface area (Å²) >= 11 is 0. The van der Waals surface area contributed by atoms with E-state index in [0.29, 0.717) is 0 Å². The minimum absolute atomic E-state index is 1.03. The van der Waals surface area contributed by atoms with Crippen LogP contribution >= 0.6 is 0 Å². The van der Waals surface area contributed by atoms with Gasteiger partial charge in [-0.15, -0.1) is 0 Å². The average molecular weight is 150 g/mol. The Labute approximate surface area is 67.6 Å². The van der Waals surface area contributed by atoms with E-state index in [1.807, 2.05) is 17.7 Å². The minimum Gasteiger partial charge on any atom is -0.311 e. The molecular weight excluding hydrogens is 136 g/mol. The van der Waals surface area contributed by atoms with Crippen molar-refractivity contribution in [3.05, 3.63) is 24.3 Å². The van der Waals surface area contributed by atoms with Crippen molar-refractivity contribution in [2.75, 3.05) is 0 Å². The molecule has 0 bridgehead atoms. The molecule has 0 saturated heterocycles. The lowest BCUT2D eigenvalue weighted by molar-refractivity contribution is 0.824. The van der Waals surface area contributed by atoms with Gasteiger partial charge in [-0.1, -0.05) is 13.5 Å². The summed E-state index contributed by atoms with van der Waals surface area (Å²) in [7, 11) is 0. The predicted molar refractivity (Wildman–Crippen MR) is 47.3 cm³/mol. The molecule has 0 aromatic carbocycles. The van der Waals surface area contributed by atoms with Crippen molar-refractivity contribution in [2.45, 2.75) is 26.7 Å². The van der Waals surface area contributed by atoms with E-state index in [2.05, 4.69) is 18.5 Å². The molecule has 1 heterocycles. The molecule has 0 atom stereocenters. The van der Waals surface area contributed by atoms with Crippen LogP contribution in [0.5, 0.6) is 0 Å². The van der Waals surface area contributed by atoms with E-state index in [1.165, 1.54) is 0 Å². The van der Waals surface area contributed by atoms with Crippen LogP contribution in [0.3, 0.4) is 0 Å². The number of hydrogen-bond acceptors (Lipinski definition) is 1. The fraction of sp³-hybridized carbons (Fsp3) is 0.444. The third-order valence-electron chi connectivity index (χ3n) is 1.60.